The van der Waals surface area contributed by atoms with Crippen molar-refractivity contribution in [2.75, 3.05) is 11.9 Å². The minimum Gasteiger partial charge on any atom is -0.455 e. The van der Waals surface area contributed by atoms with Gasteiger partial charge in [-0.05, 0) is 91.7 Å². The van der Waals surface area contributed by atoms with E-state index in [1.165, 1.54) is 17.1 Å². The van der Waals surface area contributed by atoms with Gasteiger partial charge in [0.25, 0.3) is 0 Å². The van der Waals surface area contributed by atoms with Crippen LogP contribution in [0.3, 0.4) is 0 Å². The number of fused-ring (bicyclic) bond motifs is 1. The van der Waals surface area contributed by atoms with E-state index in [-0.39, 0.29) is 17.7 Å². The predicted octanol–water partition coefficient (Wildman–Crippen LogP) is 5.79. The van der Waals surface area contributed by atoms with Gasteiger partial charge in [-0.15, -0.1) is 5.10 Å². The van der Waals surface area contributed by atoms with E-state index in [1.807, 2.05) is 51.1 Å². The van der Waals surface area contributed by atoms with E-state index in [0.29, 0.717) is 40.6 Å². The van der Waals surface area contributed by atoms with E-state index in [2.05, 4.69) is 25.8 Å². The molecule has 0 bridgehead atoms. The summed E-state index contributed by atoms with van der Waals surface area (Å²) in [5.74, 6) is -1.30. The third-order valence-corrected chi connectivity index (χ3v) is 7.91. The van der Waals surface area contributed by atoms with Crippen LogP contribution in [0.25, 0.3) is 22.7 Å². The Labute approximate surface area is 270 Å². The van der Waals surface area contributed by atoms with E-state index in [9.17, 15) is 14.4 Å². The molecule has 1 fully saturated rings. The van der Waals surface area contributed by atoms with Crippen molar-refractivity contribution in [1.29, 1.82) is 0 Å². The van der Waals surface area contributed by atoms with Gasteiger partial charge in [0.2, 0.25) is 11.8 Å². The van der Waals surface area contributed by atoms with Crippen LogP contribution in [0.5, 0.6) is 0 Å². The smallest absolute Gasteiger partial charge is 0.355 e. The van der Waals surface area contributed by atoms with Crippen molar-refractivity contribution < 1.29 is 19.1 Å². The number of tetrazole rings is 1. The number of nitrogens with one attached hydrogen (secondary N) is 2. The highest BCUT2D eigenvalue weighted by atomic mass is 35.5. The SMILES string of the molecule is CC(C)(C)OC(=O)c1cc2cc(NC(=O)[C@@H]3[C@@H](c4ccccc4)CCN3C(=O)/C=C/c3cc(Cl)ccc3-n3cnnn3)ccc2[nH]1. The highest BCUT2D eigenvalue weighted by molar-refractivity contribution is 6.30. The summed E-state index contributed by atoms with van der Waals surface area (Å²) >= 11 is 6.26. The molecule has 1 saturated heterocycles. The number of aromatic amines is 1. The molecule has 12 heteroatoms. The van der Waals surface area contributed by atoms with Crippen molar-refractivity contribution in [2.24, 2.45) is 0 Å². The lowest BCUT2D eigenvalue weighted by Crippen LogP contribution is -2.44. The standard InChI is InChI=1S/C34H32ClN7O4/c1-34(2,3)46-33(45)28-19-23-18-25(11-12-27(23)38-28)37-32(44)31-26(21-7-5-4-6-8-21)15-16-41(31)30(43)14-9-22-17-24(35)10-13-29(22)42-20-36-39-40-42/h4-14,17-20,26,31,38H,15-16H2,1-3H3,(H,37,44)/b14-9+/t26-,31+/m1/s1. The van der Waals surface area contributed by atoms with Crippen molar-refractivity contribution in [1.82, 2.24) is 30.1 Å². The zero-order valence-electron chi connectivity index (χ0n) is 25.5. The molecule has 5 aromatic rings. The summed E-state index contributed by atoms with van der Waals surface area (Å²) in [6, 6.07) is 21.2. The second kappa shape index (κ2) is 12.6. The van der Waals surface area contributed by atoms with Crippen LogP contribution in [0.4, 0.5) is 5.69 Å². The molecule has 0 saturated carbocycles. The molecule has 0 spiro atoms. The summed E-state index contributed by atoms with van der Waals surface area (Å²) in [6.45, 7) is 5.82. The van der Waals surface area contributed by atoms with Crippen LogP contribution in [0.15, 0.2) is 85.2 Å². The van der Waals surface area contributed by atoms with E-state index in [4.69, 9.17) is 16.3 Å². The number of carbonyl (C=O) groups is 3. The highest BCUT2D eigenvalue weighted by Gasteiger charge is 2.42. The number of aromatic nitrogens is 5. The molecule has 2 N–H and O–H groups in total. The van der Waals surface area contributed by atoms with Gasteiger partial charge in [-0.2, -0.15) is 4.68 Å². The second-order valence-corrected chi connectivity index (χ2v) is 12.5. The van der Waals surface area contributed by atoms with Gasteiger partial charge in [0.15, 0.2) is 0 Å². The number of ether oxygens (including phenoxy) is 1. The van der Waals surface area contributed by atoms with Crippen LogP contribution in [0.2, 0.25) is 5.02 Å². The zero-order valence-corrected chi connectivity index (χ0v) is 26.2. The van der Waals surface area contributed by atoms with Crippen LogP contribution >= 0.6 is 11.6 Å². The van der Waals surface area contributed by atoms with Gasteiger partial charge in [0.05, 0.1) is 5.69 Å². The number of hydrogen-bond acceptors (Lipinski definition) is 7. The largest absolute Gasteiger partial charge is 0.455 e. The topological polar surface area (TPSA) is 135 Å². The minimum absolute atomic E-state index is 0.212. The zero-order chi connectivity index (χ0) is 32.4. The molecule has 46 heavy (non-hydrogen) atoms. The summed E-state index contributed by atoms with van der Waals surface area (Å²) in [4.78, 5) is 45.0. The van der Waals surface area contributed by atoms with Gasteiger partial charge >= 0.3 is 5.97 Å². The molecule has 2 aromatic heterocycles. The molecular weight excluding hydrogens is 606 g/mol. The normalized spacial score (nSPS) is 16.7. The quantitative estimate of drug-likeness (QED) is 0.170. The third kappa shape index (κ3) is 6.69. The molecule has 0 unspecified atom stereocenters. The fourth-order valence-corrected chi connectivity index (χ4v) is 5.86. The average Bonchev–Trinajstić information content (AvgIpc) is 3.79. The summed E-state index contributed by atoms with van der Waals surface area (Å²) in [5.41, 5.74) is 3.21. The lowest BCUT2D eigenvalue weighted by atomic mass is 9.91. The van der Waals surface area contributed by atoms with Gasteiger partial charge in [-0.1, -0.05) is 41.9 Å². The van der Waals surface area contributed by atoms with Crippen LogP contribution in [0.1, 0.15) is 54.7 Å². The van der Waals surface area contributed by atoms with E-state index >= 15 is 0 Å². The fourth-order valence-electron chi connectivity index (χ4n) is 5.68. The molecular formula is C34H32ClN7O4. The van der Waals surface area contributed by atoms with Crippen molar-refractivity contribution in [2.45, 2.75) is 44.8 Å². The number of amides is 2. The number of benzene rings is 3. The maximum absolute atomic E-state index is 14.0. The monoisotopic (exact) mass is 637 g/mol. The first-order chi connectivity index (χ1) is 22.1. The first-order valence-corrected chi connectivity index (χ1v) is 15.2. The summed E-state index contributed by atoms with van der Waals surface area (Å²) < 4.78 is 6.97. The van der Waals surface area contributed by atoms with E-state index in [0.717, 1.165) is 16.5 Å². The Kier molecular flexibility index (Phi) is 8.42. The van der Waals surface area contributed by atoms with Crippen LogP contribution in [-0.4, -0.2) is 66.1 Å². The van der Waals surface area contributed by atoms with Crippen LogP contribution in [0, 0.1) is 0 Å². The average molecular weight is 638 g/mol. The third-order valence-electron chi connectivity index (χ3n) is 7.68. The number of nitrogens with zero attached hydrogens (tertiary/aromatic N) is 5. The van der Waals surface area contributed by atoms with Gasteiger partial charge in [-0.3, -0.25) is 9.59 Å². The number of likely N-dealkylation sites (tertiary alicyclic amines) is 1. The molecule has 1 aliphatic rings. The Morgan fingerprint density at radius 2 is 1.85 bits per heavy atom. The van der Waals surface area contributed by atoms with Crippen LogP contribution in [-0.2, 0) is 14.3 Å². The first kappa shape index (κ1) is 30.7. The number of H-pyrrole nitrogens is 1. The van der Waals surface area contributed by atoms with Gasteiger partial charge in [-0.25, -0.2) is 4.79 Å². The number of hydrogen-bond donors (Lipinski definition) is 2. The highest BCUT2D eigenvalue weighted by Crippen LogP contribution is 2.35. The molecule has 0 radical (unpaired) electrons. The molecule has 234 valence electrons. The molecule has 2 atom stereocenters. The summed E-state index contributed by atoms with van der Waals surface area (Å²) in [7, 11) is 0. The van der Waals surface area contributed by atoms with Crippen molar-refractivity contribution >= 4 is 52.1 Å². The van der Waals surface area contributed by atoms with Gasteiger partial charge in [0.1, 0.15) is 23.7 Å². The molecule has 11 nitrogen and oxygen atoms in total. The minimum atomic E-state index is -0.767. The summed E-state index contributed by atoms with van der Waals surface area (Å²) in [5, 5.41) is 15.6. The Hall–Kier alpha value is -5.29. The summed E-state index contributed by atoms with van der Waals surface area (Å²) in [6.07, 6.45) is 5.16. The molecule has 3 heterocycles. The maximum Gasteiger partial charge on any atom is 0.355 e. The number of rotatable bonds is 7. The Morgan fingerprint density at radius 3 is 2.59 bits per heavy atom. The molecule has 6 rings (SSSR count). The second-order valence-electron chi connectivity index (χ2n) is 12.0. The van der Waals surface area contributed by atoms with Crippen molar-refractivity contribution in [3.8, 4) is 5.69 Å². The lowest BCUT2D eigenvalue weighted by molar-refractivity contribution is -0.133. The van der Waals surface area contributed by atoms with Gasteiger partial charge < -0.3 is 19.9 Å². The number of halogens is 1. The Morgan fingerprint density at radius 1 is 1.04 bits per heavy atom. The van der Waals surface area contributed by atoms with Gasteiger partial charge in [0, 0.05) is 45.7 Å². The Balaban J connectivity index is 1.26. The molecule has 3 aromatic carbocycles. The van der Waals surface area contributed by atoms with Crippen molar-refractivity contribution in [3.05, 3.63) is 107 Å². The number of esters is 1. The van der Waals surface area contributed by atoms with E-state index < -0.39 is 17.6 Å². The van der Waals surface area contributed by atoms with E-state index in [1.54, 1.807) is 53.4 Å². The Bertz CT molecular complexity index is 1930. The van der Waals surface area contributed by atoms with Crippen LogP contribution < -0.4 is 5.32 Å². The fraction of sp³-hybridized carbons (Fsp3) is 0.235. The predicted molar refractivity (Wildman–Crippen MR) is 175 cm³/mol. The van der Waals surface area contributed by atoms with Crippen molar-refractivity contribution in [3.63, 3.8) is 0 Å². The number of anilines is 1. The lowest BCUT2D eigenvalue weighted by Gasteiger charge is -2.27. The molecule has 1 aliphatic heterocycles. The molecule has 2 amide bonds. The maximum atomic E-state index is 14.0. The number of carbonyl (C=O) groups excluding carboxylic acids is 3. The molecule has 0 aliphatic carbocycles. The first-order valence-electron chi connectivity index (χ1n) is 14.8.